The Morgan fingerprint density at radius 2 is 2.10 bits per heavy atom. The van der Waals surface area contributed by atoms with E-state index < -0.39 is 0 Å². The fourth-order valence-electron chi connectivity index (χ4n) is 3.40. The summed E-state index contributed by atoms with van der Waals surface area (Å²) in [6, 6.07) is 5.92. The molecule has 0 saturated carbocycles. The van der Waals surface area contributed by atoms with Crippen molar-refractivity contribution in [3.63, 3.8) is 0 Å². The van der Waals surface area contributed by atoms with Crippen LogP contribution in [0.2, 0.25) is 5.02 Å². The molecule has 4 heteroatoms. The summed E-state index contributed by atoms with van der Waals surface area (Å²) in [5.41, 5.74) is 5.87. The maximum Gasteiger partial charge on any atom is 0.177 e. The monoisotopic (exact) mass is 301 g/mol. The molecule has 21 heavy (non-hydrogen) atoms. The molecule has 0 fully saturated rings. The van der Waals surface area contributed by atoms with Crippen molar-refractivity contribution in [1.29, 1.82) is 0 Å². The first-order valence-electron chi connectivity index (χ1n) is 7.11. The van der Waals surface area contributed by atoms with Crippen LogP contribution in [-0.4, -0.2) is 11.7 Å². The molecule has 0 radical (unpaired) electrons. The topological polar surface area (TPSA) is 41.5 Å². The van der Waals surface area contributed by atoms with Crippen molar-refractivity contribution in [3.8, 4) is 17.2 Å². The van der Waals surface area contributed by atoms with E-state index in [1.54, 1.807) is 6.07 Å². The maximum absolute atomic E-state index is 10.3. The van der Waals surface area contributed by atoms with Crippen LogP contribution in [0.5, 0.6) is 17.2 Å². The van der Waals surface area contributed by atoms with Crippen LogP contribution in [0.4, 0.5) is 0 Å². The average molecular weight is 302 g/mol. The molecule has 2 aliphatic heterocycles. The summed E-state index contributed by atoms with van der Waals surface area (Å²) >= 11 is 6.03. The molecular formula is C17H16ClNO2. The minimum atomic E-state index is 0.0350. The Hall–Kier alpha value is -1.71. The van der Waals surface area contributed by atoms with Crippen molar-refractivity contribution in [2.45, 2.75) is 26.3 Å². The lowest BCUT2D eigenvalue weighted by Crippen LogP contribution is -2.31. The third-order valence-corrected chi connectivity index (χ3v) is 4.92. The molecule has 1 atom stereocenters. The molecule has 2 aliphatic rings. The highest BCUT2D eigenvalue weighted by molar-refractivity contribution is 6.32. The van der Waals surface area contributed by atoms with Gasteiger partial charge in [0.15, 0.2) is 11.5 Å². The van der Waals surface area contributed by atoms with Crippen LogP contribution in [0.1, 0.15) is 33.7 Å². The number of ether oxygens (including phenoxy) is 1. The van der Waals surface area contributed by atoms with Crippen molar-refractivity contribution in [2.75, 3.05) is 6.54 Å². The summed E-state index contributed by atoms with van der Waals surface area (Å²) in [5, 5.41) is 14.0. The third-order valence-electron chi connectivity index (χ3n) is 4.62. The molecule has 108 valence electrons. The number of phenols is 1. The van der Waals surface area contributed by atoms with E-state index in [-0.39, 0.29) is 11.7 Å². The first kappa shape index (κ1) is 13.0. The Kier molecular flexibility index (Phi) is 2.72. The first-order chi connectivity index (χ1) is 10.1. The molecule has 2 heterocycles. The minimum absolute atomic E-state index is 0.0350. The van der Waals surface area contributed by atoms with Crippen LogP contribution in [-0.2, 0) is 6.54 Å². The Bertz CT molecular complexity index is 770. The number of aromatic hydroxyl groups is 1. The number of fused-ring (bicyclic) bond motifs is 2. The van der Waals surface area contributed by atoms with Gasteiger partial charge in [-0.2, -0.15) is 0 Å². The van der Waals surface area contributed by atoms with E-state index in [0.29, 0.717) is 10.8 Å². The van der Waals surface area contributed by atoms with E-state index in [1.165, 1.54) is 16.7 Å². The third kappa shape index (κ3) is 1.71. The number of nitrogens with one attached hydrogen (secondary N) is 1. The molecule has 1 unspecified atom stereocenters. The van der Waals surface area contributed by atoms with Crippen LogP contribution in [0, 0.1) is 13.8 Å². The lowest BCUT2D eigenvalue weighted by molar-refractivity contribution is 0.382. The summed E-state index contributed by atoms with van der Waals surface area (Å²) < 4.78 is 6.09. The summed E-state index contributed by atoms with van der Waals surface area (Å²) in [6.45, 7) is 5.86. The van der Waals surface area contributed by atoms with Gasteiger partial charge >= 0.3 is 0 Å². The predicted octanol–water partition coefficient (Wildman–Crippen LogP) is 4.00. The van der Waals surface area contributed by atoms with Crippen LogP contribution >= 0.6 is 11.6 Å². The zero-order valence-electron chi connectivity index (χ0n) is 12.0. The van der Waals surface area contributed by atoms with Gasteiger partial charge in [0.05, 0.1) is 5.02 Å². The maximum atomic E-state index is 10.3. The zero-order chi connectivity index (χ0) is 14.7. The van der Waals surface area contributed by atoms with Crippen molar-refractivity contribution >= 4 is 11.6 Å². The molecule has 0 aromatic heterocycles. The predicted molar refractivity (Wildman–Crippen MR) is 82.7 cm³/mol. The van der Waals surface area contributed by atoms with E-state index in [1.807, 2.05) is 6.07 Å². The average Bonchev–Trinajstić information content (AvgIpc) is 2.48. The van der Waals surface area contributed by atoms with Crippen molar-refractivity contribution in [3.05, 3.63) is 51.0 Å². The van der Waals surface area contributed by atoms with Crippen LogP contribution in [0.15, 0.2) is 18.2 Å². The highest BCUT2D eigenvalue weighted by atomic mass is 35.5. The van der Waals surface area contributed by atoms with Crippen molar-refractivity contribution < 1.29 is 9.84 Å². The number of benzene rings is 2. The molecule has 0 spiro atoms. The number of hydrogen-bond acceptors (Lipinski definition) is 3. The van der Waals surface area contributed by atoms with E-state index >= 15 is 0 Å². The molecule has 0 aliphatic carbocycles. The van der Waals surface area contributed by atoms with Crippen LogP contribution < -0.4 is 10.1 Å². The zero-order valence-corrected chi connectivity index (χ0v) is 12.7. The summed E-state index contributed by atoms with van der Waals surface area (Å²) in [7, 11) is 0. The molecule has 4 rings (SSSR count). The molecule has 2 aromatic rings. The highest BCUT2D eigenvalue weighted by Gasteiger charge is 2.35. The standard InChI is InChI=1S/C17H16ClNO2/c1-8-5-10-6-19-7-12-11-3-4-13(18)15(20)17(11)21-16(9(8)2)14(10)12/h3-5,12,19-20H,6-7H2,1-2H3. The van der Waals surface area contributed by atoms with Crippen molar-refractivity contribution in [2.24, 2.45) is 0 Å². The molecular weight excluding hydrogens is 286 g/mol. The SMILES string of the molecule is Cc1cc2c3c(c1C)Oc1c(ccc(Cl)c1O)C3CNC2. The lowest BCUT2D eigenvalue weighted by Gasteiger charge is -2.35. The van der Waals surface area contributed by atoms with E-state index in [0.717, 1.165) is 30.0 Å². The Labute approximate surface area is 128 Å². The van der Waals surface area contributed by atoms with Gasteiger partial charge in [-0.25, -0.2) is 0 Å². The van der Waals surface area contributed by atoms with Gasteiger partial charge in [-0.05, 0) is 36.6 Å². The van der Waals surface area contributed by atoms with Gasteiger partial charge in [-0.15, -0.1) is 0 Å². The fourth-order valence-corrected chi connectivity index (χ4v) is 3.55. The molecule has 3 nitrogen and oxygen atoms in total. The summed E-state index contributed by atoms with van der Waals surface area (Å²) in [6.07, 6.45) is 0. The lowest BCUT2D eigenvalue weighted by atomic mass is 9.80. The van der Waals surface area contributed by atoms with Gasteiger partial charge in [-0.1, -0.05) is 23.7 Å². The Morgan fingerprint density at radius 1 is 1.29 bits per heavy atom. The number of rotatable bonds is 0. The molecule has 0 saturated heterocycles. The molecule has 0 bridgehead atoms. The first-order valence-corrected chi connectivity index (χ1v) is 7.48. The largest absolute Gasteiger partial charge is 0.503 e. The number of phenolic OH excluding ortho intramolecular Hbond substituents is 1. The normalized spacial score (nSPS) is 18.7. The molecule has 2 N–H and O–H groups in total. The highest BCUT2D eigenvalue weighted by Crippen LogP contribution is 2.53. The van der Waals surface area contributed by atoms with Crippen molar-refractivity contribution in [1.82, 2.24) is 5.32 Å². The second-order valence-electron chi connectivity index (χ2n) is 5.82. The van der Waals surface area contributed by atoms with E-state index in [9.17, 15) is 5.11 Å². The second-order valence-corrected chi connectivity index (χ2v) is 6.23. The van der Waals surface area contributed by atoms with Gasteiger partial charge in [0.2, 0.25) is 0 Å². The van der Waals surface area contributed by atoms with Gasteiger partial charge < -0.3 is 15.2 Å². The van der Waals surface area contributed by atoms with Gasteiger partial charge in [0, 0.05) is 30.1 Å². The van der Waals surface area contributed by atoms with Crippen LogP contribution in [0.25, 0.3) is 0 Å². The smallest absolute Gasteiger partial charge is 0.177 e. The number of hydrogen-bond donors (Lipinski definition) is 2. The fraction of sp³-hybridized carbons (Fsp3) is 0.294. The van der Waals surface area contributed by atoms with E-state index in [2.05, 4.69) is 25.2 Å². The van der Waals surface area contributed by atoms with E-state index in [4.69, 9.17) is 16.3 Å². The van der Waals surface area contributed by atoms with Gasteiger partial charge in [-0.3, -0.25) is 0 Å². The minimum Gasteiger partial charge on any atom is -0.503 e. The van der Waals surface area contributed by atoms with Gasteiger partial charge in [0.25, 0.3) is 0 Å². The summed E-state index contributed by atoms with van der Waals surface area (Å²) in [5.74, 6) is 1.63. The Balaban J connectivity index is 2.03. The van der Waals surface area contributed by atoms with Gasteiger partial charge in [0.1, 0.15) is 5.75 Å². The van der Waals surface area contributed by atoms with Crippen LogP contribution in [0.3, 0.4) is 0 Å². The molecule has 0 amide bonds. The summed E-state index contributed by atoms with van der Waals surface area (Å²) in [4.78, 5) is 0. The number of aryl methyl sites for hydroxylation is 1. The Morgan fingerprint density at radius 3 is 2.90 bits per heavy atom. The quantitative estimate of drug-likeness (QED) is 0.772. The molecule has 2 aromatic carbocycles. The number of halogens is 1. The second kappa shape index (κ2) is 4.39.